The Bertz CT molecular complexity index is 886. The van der Waals surface area contributed by atoms with Gasteiger partial charge >= 0.3 is 0 Å². The standard InChI is InChI=1S/C20H20N6/c21-12-16-3-5-17(6-4-16)14-25-10-7-19(8-11-25)26-15-20(23-24-26)18-2-1-9-22-13-18/h1-6,9,13,15,19H,7-8,10-11,14H2. The van der Waals surface area contributed by atoms with Crippen LogP contribution in [0.4, 0.5) is 0 Å². The van der Waals surface area contributed by atoms with Crippen molar-refractivity contribution in [3.8, 4) is 17.3 Å². The molecule has 0 unspecified atom stereocenters. The molecular weight excluding hydrogens is 324 g/mol. The average Bonchev–Trinajstić information content (AvgIpc) is 3.20. The summed E-state index contributed by atoms with van der Waals surface area (Å²) in [7, 11) is 0. The zero-order valence-electron chi connectivity index (χ0n) is 14.5. The first-order valence-corrected chi connectivity index (χ1v) is 8.85. The van der Waals surface area contributed by atoms with Crippen molar-refractivity contribution in [3.63, 3.8) is 0 Å². The molecule has 0 radical (unpaired) electrons. The number of pyridine rings is 1. The van der Waals surface area contributed by atoms with Crippen LogP contribution < -0.4 is 0 Å². The van der Waals surface area contributed by atoms with E-state index in [4.69, 9.17) is 5.26 Å². The van der Waals surface area contributed by atoms with E-state index in [9.17, 15) is 0 Å². The minimum absolute atomic E-state index is 0.394. The van der Waals surface area contributed by atoms with Crippen molar-refractivity contribution in [1.29, 1.82) is 5.26 Å². The Morgan fingerprint density at radius 1 is 1.12 bits per heavy atom. The Morgan fingerprint density at radius 3 is 2.62 bits per heavy atom. The normalized spacial score (nSPS) is 15.7. The van der Waals surface area contributed by atoms with Crippen LogP contribution in [-0.4, -0.2) is 38.0 Å². The lowest BCUT2D eigenvalue weighted by Gasteiger charge is -2.31. The molecule has 3 heterocycles. The van der Waals surface area contributed by atoms with Gasteiger partial charge in [0.15, 0.2) is 0 Å². The largest absolute Gasteiger partial charge is 0.299 e. The first kappa shape index (κ1) is 16.4. The highest BCUT2D eigenvalue weighted by molar-refractivity contribution is 5.55. The van der Waals surface area contributed by atoms with Crippen molar-refractivity contribution in [1.82, 2.24) is 24.9 Å². The Balaban J connectivity index is 1.35. The van der Waals surface area contributed by atoms with E-state index in [0.717, 1.165) is 43.7 Å². The maximum absolute atomic E-state index is 8.88. The summed E-state index contributed by atoms with van der Waals surface area (Å²) in [6, 6.07) is 14.3. The molecule has 1 aliphatic heterocycles. The van der Waals surface area contributed by atoms with Gasteiger partial charge in [0.05, 0.1) is 23.9 Å². The Kier molecular flexibility index (Phi) is 4.71. The van der Waals surface area contributed by atoms with E-state index in [0.29, 0.717) is 11.6 Å². The quantitative estimate of drug-likeness (QED) is 0.727. The van der Waals surface area contributed by atoms with Gasteiger partial charge in [0.2, 0.25) is 0 Å². The van der Waals surface area contributed by atoms with Crippen molar-refractivity contribution in [3.05, 3.63) is 66.1 Å². The van der Waals surface area contributed by atoms with Gasteiger partial charge in [-0.2, -0.15) is 5.26 Å². The third-order valence-electron chi connectivity index (χ3n) is 4.89. The molecule has 4 rings (SSSR count). The van der Waals surface area contributed by atoms with E-state index in [-0.39, 0.29) is 0 Å². The number of hydrogen-bond donors (Lipinski definition) is 0. The minimum Gasteiger partial charge on any atom is -0.299 e. The Hall–Kier alpha value is -3.04. The van der Waals surface area contributed by atoms with Crippen molar-refractivity contribution >= 4 is 0 Å². The van der Waals surface area contributed by atoms with Crippen LogP contribution in [0.2, 0.25) is 0 Å². The van der Waals surface area contributed by atoms with E-state index in [1.54, 1.807) is 6.20 Å². The first-order chi connectivity index (χ1) is 12.8. The second-order valence-corrected chi connectivity index (χ2v) is 6.64. The van der Waals surface area contributed by atoms with Gasteiger partial charge in [0, 0.05) is 37.6 Å². The molecule has 1 aliphatic rings. The van der Waals surface area contributed by atoms with Gasteiger partial charge < -0.3 is 0 Å². The number of nitriles is 1. The van der Waals surface area contributed by atoms with Crippen LogP contribution in [0.15, 0.2) is 55.0 Å². The summed E-state index contributed by atoms with van der Waals surface area (Å²) in [5, 5.41) is 17.5. The fourth-order valence-electron chi connectivity index (χ4n) is 3.39. The van der Waals surface area contributed by atoms with E-state index in [1.165, 1.54) is 5.56 Å². The van der Waals surface area contributed by atoms with E-state index < -0.39 is 0 Å². The number of rotatable bonds is 4. The first-order valence-electron chi connectivity index (χ1n) is 8.85. The van der Waals surface area contributed by atoms with Crippen molar-refractivity contribution in [2.45, 2.75) is 25.4 Å². The van der Waals surface area contributed by atoms with Crippen LogP contribution in [0.1, 0.15) is 30.0 Å². The van der Waals surface area contributed by atoms with Crippen LogP contribution in [0.25, 0.3) is 11.3 Å². The molecule has 1 fully saturated rings. The SMILES string of the molecule is N#Cc1ccc(CN2CCC(n3cc(-c4cccnc4)nn3)CC2)cc1. The minimum atomic E-state index is 0.394. The molecular formula is C20H20N6. The smallest absolute Gasteiger partial charge is 0.114 e. The summed E-state index contributed by atoms with van der Waals surface area (Å²) < 4.78 is 2.00. The summed E-state index contributed by atoms with van der Waals surface area (Å²) in [6.07, 6.45) is 7.72. The second kappa shape index (κ2) is 7.46. The van der Waals surface area contributed by atoms with E-state index >= 15 is 0 Å². The molecule has 0 spiro atoms. The van der Waals surface area contributed by atoms with Gasteiger partial charge in [0.1, 0.15) is 5.69 Å². The second-order valence-electron chi connectivity index (χ2n) is 6.64. The number of aromatic nitrogens is 4. The average molecular weight is 344 g/mol. The van der Waals surface area contributed by atoms with Gasteiger partial charge in [-0.05, 0) is 42.7 Å². The van der Waals surface area contributed by atoms with Crippen molar-refractivity contribution < 1.29 is 0 Å². The molecule has 1 saturated heterocycles. The third-order valence-corrected chi connectivity index (χ3v) is 4.89. The Morgan fingerprint density at radius 2 is 1.92 bits per heavy atom. The number of hydrogen-bond acceptors (Lipinski definition) is 5. The number of nitrogens with zero attached hydrogens (tertiary/aromatic N) is 6. The molecule has 0 N–H and O–H groups in total. The molecule has 6 nitrogen and oxygen atoms in total. The van der Waals surface area contributed by atoms with Crippen molar-refractivity contribution in [2.75, 3.05) is 13.1 Å². The number of benzene rings is 1. The third kappa shape index (κ3) is 3.63. The van der Waals surface area contributed by atoms with Crippen LogP contribution >= 0.6 is 0 Å². The van der Waals surface area contributed by atoms with Crippen LogP contribution in [0.5, 0.6) is 0 Å². The summed E-state index contributed by atoms with van der Waals surface area (Å²) in [5.41, 5.74) is 3.83. The lowest BCUT2D eigenvalue weighted by atomic mass is 10.0. The molecule has 26 heavy (non-hydrogen) atoms. The molecule has 0 atom stereocenters. The molecule has 130 valence electrons. The summed E-state index contributed by atoms with van der Waals surface area (Å²) in [5.74, 6) is 0. The van der Waals surface area contributed by atoms with E-state index in [2.05, 4.69) is 26.3 Å². The predicted octanol–water partition coefficient (Wildman–Crippen LogP) is 3.05. The highest BCUT2D eigenvalue weighted by Gasteiger charge is 2.22. The van der Waals surface area contributed by atoms with E-state index in [1.807, 2.05) is 53.5 Å². The molecule has 0 bridgehead atoms. The highest BCUT2D eigenvalue weighted by atomic mass is 15.4. The fourth-order valence-corrected chi connectivity index (χ4v) is 3.39. The van der Waals surface area contributed by atoms with Gasteiger partial charge in [-0.3, -0.25) is 9.88 Å². The fraction of sp³-hybridized carbons (Fsp3) is 0.300. The van der Waals surface area contributed by atoms with Crippen molar-refractivity contribution in [2.24, 2.45) is 0 Å². The van der Waals surface area contributed by atoms with Crippen LogP contribution in [0, 0.1) is 11.3 Å². The molecule has 2 aromatic heterocycles. The molecule has 3 aromatic rings. The van der Waals surface area contributed by atoms with Gasteiger partial charge in [-0.1, -0.05) is 17.3 Å². The van der Waals surface area contributed by atoms with Crippen LogP contribution in [0.3, 0.4) is 0 Å². The topological polar surface area (TPSA) is 70.6 Å². The number of likely N-dealkylation sites (tertiary alicyclic amines) is 1. The predicted molar refractivity (Wildman–Crippen MR) is 98.0 cm³/mol. The lowest BCUT2D eigenvalue weighted by molar-refractivity contribution is 0.172. The maximum atomic E-state index is 8.88. The summed E-state index contributed by atoms with van der Waals surface area (Å²) in [4.78, 5) is 6.60. The molecule has 0 saturated carbocycles. The van der Waals surface area contributed by atoms with Gasteiger partial charge in [0.25, 0.3) is 0 Å². The summed E-state index contributed by atoms with van der Waals surface area (Å²) >= 11 is 0. The summed E-state index contributed by atoms with van der Waals surface area (Å²) in [6.45, 7) is 3.00. The molecule has 6 heteroatoms. The maximum Gasteiger partial charge on any atom is 0.114 e. The lowest BCUT2D eigenvalue weighted by Crippen LogP contribution is -2.34. The van der Waals surface area contributed by atoms with Gasteiger partial charge in [-0.15, -0.1) is 5.10 Å². The monoisotopic (exact) mass is 344 g/mol. The Labute approximate surface area is 152 Å². The molecule has 0 aliphatic carbocycles. The van der Waals surface area contributed by atoms with Crippen LogP contribution in [-0.2, 0) is 6.54 Å². The van der Waals surface area contributed by atoms with Gasteiger partial charge in [-0.25, -0.2) is 4.68 Å². The zero-order chi connectivity index (χ0) is 17.8. The zero-order valence-corrected chi connectivity index (χ0v) is 14.5. The highest BCUT2D eigenvalue weighted by Crippen LogP contribution is 2.24. The molecule has 0 amide bonds. The number of piperidine rings is 1. The molecule has 1 aromatic carbocycles.